The number of aliphatic hydroxyl groups excluding tert-OH is 3. The molecule has 2 saturated heterocycles. The minimum absolute atomic E-state index is 0.0302. The van der Waals surface area contributed by atoms with Crippen LogP contribution in [0.2, 0.25) is 0 Å². The first kappa shape index (κ1) is 27.8. The van der Waals surface area contributed by atoms with Crippen LogP contribution in [-0.2, 0) is 38.1 Å². The predicted molar refractivity (Wildman–Crippen MR) is 132 cm³/mol. The van der Waals surface area contributed by atoms with Crippen molar-refractivity contribution in [3.63, 3.8) is 0 Å². The fourth-order valence-electron chi connectivity index (χ4n) is 8.37. The lowest BCUT2D eigenvalue weighted by molar-refractivity contribution is -0.290. The maximum atomic E-state index is 13.5. The number of allylic oxidation sites excluding steroid dienone is 3. The summed E-state index contributed by atoms with van der Waals surface area (Å²) in [6, 6.07) is 0. The molecule has 3 aliphatic carbocycles. The van der Waals surface area contributed by atoms with Gasteiger partial charge in [-0.1, -0.05) is 26.3 Å². The zero-order chi connectivity index (χ0) is 28.8. The van der Waals surface area contributed by atoms with E-state index in [9.17, 15) is 34.5 Å². The molecule has 0 aromatic heterocycles. The van der Waals surface area contributed by atoms with E-state index in [1.54, 1.807) is 20.8 Å². The summed E-state index contributed by atoms with van der Waals surface area (Å²) in [6.45, 7) is 8.72. The summed E-state index contributed by atoms with van der Waals surface area (Å²) in [5.41, 5.74) is -3.43. The number of esters is 3. The number of methoxy groups -OCH3 is 1. The summed E-state index contributed by atoms with van der Waals surface area (Å²) in [7, 11) is 1.10. The summed E-state index contributed by atoms with van der Waals surface area (Å²) in [6.07, 6.45) is -4.75. The van der Waals surface area contributed by atoms with E-state index in [4.69, 9.17) is 18.9 Å². The van der Waals surface area contributed by atoms with Gasteiger partial charge in [-0.3, -0.25) is 4.79 Å². The highest BCUT2D eigenvalue weighted by molar-refractivity contribution is 5.95. The Morgan fingerprint density at radius 3 is 2.46 bits per heavy atom. The second-order valence-electron chi connectivity index (χ2n) is 12.3. The number of hydrogen-bond acceptors (Lipinski definition) is 11. The van der Waals surface area contributed by atoms with Crippen LogP contribution in [0.1, 0.15) is 47.5 Å². The van der Waals surface area contributed by atoms with E-state index in [1.165, 1.54) is 6.08 Å². The van der Waals surface area contributed by atoms with Crippen LogP contribution in [0.25, 0.3) is 0 Å². The molecule has 2 heterocycles. The summed E-state index contributed by atoms with van der Waals surface area (Å²) in [4.78, 5) is 52.8. The Hall–Kier alpha value is -2.76. The largest absolute Gasteiger partial charge is 0.504 e. The Bertz CT molecular complexity index is 1200. The van der Waals surface area contributed by atoms with Crippen LogP contribution in [-0.4, -0.2) is 82.7 Å². The van der Waals surface area contributed by atoms with Crippen LogP contribution in [0.4, 0.5) is 0 Å². The minimum atomic E-state index is -2.22. The van der Waals surface area contributed by atoms with Crippen LogP contribution >= 0.6 is 0 Å². The molecule has 0 aromatic carbocycles. The molecule has 5 rings (SSSR count). The average molecular weight is 549 g/mol. The van der Waals surface area contributed by atoms with Crippen molar-refractivity contribution in [2.45, 2.75) is 77.5 Å². The van der Waals surface area contributed by atoms with Crippen molar-refractivity contribution in [2.24, 2.45) is 34.5 Å². The van der Waals surface area contributed by atoms with Gasteiger partial charge in [-0.25, -0.2) is 14.4 Å². The fourth-order valence-corrected chi connectivity index (χ4v) is 8.37. The number of fused-ring (bicyclic) bond motifs is 2. The third kappa shape index (κ3) is 3.39. The Balaban J connectivity index is 1.71. The molecule has 0 amide bonds. The van der Waals surface area contributed by atoms with E-state index in [2.05, 4.69) is 0 Å². The fraction of sp³-hybridized carbons (Fsp3) is 0.714. The Morgan fingerprint density at radius 1 is 1.18 bits per heavy atom. The van der Waals surface area contributed by atoms with Gasteiger partial charge >= 0.3 is 17.9 Å². The highest BCUT2D eigenvalue weighted by atomic mass is 16.6. The molecule has 214 valence electrons. The third-order valence-corrected chi connectivity index (χ3v) is 10.3. The van der Waals surface area contributed by atoms with Gasteiger partial charge in [0.05, 0.1) is 25.7 Å². The van der Waals surface area contributed by atoms with Crippen molar-refractivity contribution < 1.29 is 53.4 Å². The molecule has 2 bridgehead atoms. The van der Waals surface area contributed by atoms with Crippen molar-refractivity contribution in [3.8, 4) is 0 Å². The average Bonchev–Trinajstić information content (AvgIpc) is 3.18. The molecule has 10 atom stereocenters. The van der Waals surface area contributed by atoms with Crippen LogP contribution in [0, 0.1) is 34.5 Å². The van der Waals surface area contributed by atoms with Crippen LogP contribution < -0.4 is 0 Å². The van der Waals surface area contributed by atoms with Crippen LogP contribution in [0.15, 0.2) is 23.0 Å². The number of rotatable bonds is 4. The maximum absolute atomic E-state index is 13.5. The first-order valence-electron chi connectivity index (χ1n) is 13.3. The summed E-state index contributed by atoms with van der Waals surface area (Å²) >= 11 is 0. The maximum Gasteiger partial charge on any atom is 0.348 e. The highest BCUT2D eigenvalue weighted by Crippen LogP contribution is 2.72. The molecular formula is C28H36O11. The first-order chi connectivity index (χ1) is 18.2. The zero-order valence-electron chi connectivity index (χ0n) is 22.9. The molecule has 0 aromatic rings. The van der Waals surface area contributed by atoms with Crippen molar-refractivity contribution in [3.05, 3.63) is 23.0 Å². The van der Waals surface area contributed by atoms with E-state index < -0.39 is 82.3 Å². The quantitative estimate of drug-likeness (QED) is 0.262. The monoisotopic (exact) mass is 548 g/mol. The molecule has 1 spiro atoms. The topological polar surface area (TPSA) is 166 Å². The number of hydrogen-bond donors (Lipinski definition) is 3. The lowest BCUT2D eigenvalue weighted by Gasteiger charge is -2.67. The van der Waals surface area contributed by atoms with Crippen LogP contribution in [0.5, 0.6) is 0 Å². The summed E-state index contributed by atoms with van der Waals surface area (Å²) in [5, 5.41) is 33.7. The lowest BCUT2D eigenvalue weighted by atomic mass is 9.38. The summed E-state index contributed by atoms with van der Waals surface area (Å²) in [5.74, 6) is -6.26. The zero-order valence-corrected chi connectivity index (χ0v) is 22.9. The molecule has 11 nitrogen and oxygen atoms in total. The molecule has 39 heavy (non-hydrogen) atoms. The smallest absolute Gasteiger partial charge is 0.348 e. The number of ether oxygens (including phenoxy) is 4. The van der Waals surface area contributed by atoms with Crippen molar-refractivity contribution in [1.82, 2.24) is 0 Å². The van der Waals surface area contributed by atoms with Crippen molar-refractivity contribution in [2.75, 3.05) is 13.7 Å². The van der Waals surface area contributed by atoms with Gasteiger partial charge in [-0.15, -0.1) is 0 Å². The Labute approximate surface area is 226 Å². The number of carbonyl (C=O) groups is 4. The number of aliphatic hydroxyl groups is 3. The van der Waals surface area contributed by atoms with E-state index >= 15 is 0 Å². The van der Waals surface area contributed by atoms with Crippen LogP contribution in [0.3, 0.4) is 0 Å². The normalized spacial score (nSPS) is 44.9. The minimum Gasteiger partial charge on any atom is -0.504 e. The van der Waals surface area contributed by atoms with Gasteiger partial charge in [0.25, 0.3) is 0 Å². The highest BCUT2D eigenvalue weighted by Gasteiger charge is 2.85. The standard InChI is InChI=1S/C28H36O11/c1-11(2)12(3)7-17(30)39-20-22-27-10-37-28(22,25(35)36-6)23(33)19(32)21(27)26(5)9-15(29)18(31)13(4)14(26)8-16(27)38-24(20)34/h7,11,14,16,19-23,31-33H,8-10H2,1-6H3/b12-7+/t14-,16+,19+,20+,21+,22+,23-,26-,27+,28-/m0/s1. The van der Waals surface area contributed by atoms with E-state index in [0.29, 0.717) is 11.1 Å². The molecular weight excluding hydrogens is 512 g/mol. The van der Waals surface area contributed by atoms with E-state index in [1.807, 2.05) is 13.8 Å². The van der Waals surface area contributed by atoms with Gasteiger partial charge in [0.15, 0.2) is 11.5 Å². The molecule has 11 heteroatoms. The van der Waals surface area contributed by atoms with Gasteiger partial charge in [-0.2, -0.15) is 0 Å². The second-order valence-corrected chi connectivity index (χ2v) is 12.3. The Kier molecular flexibility index (Phi) is 6.32. The molecule has 2 saturated carbocycles. The molecule has 0 unspecified atom stereocenters. The van der Waals surface area contributed by atoms with Gasteiger partial charge in [-0.05, 0) is 43.1 Å². The second kappa shape index (κ2) is 8.87. The van der Waals surface area contributed by atoms with Gasteiger partial charge in [0.2, 0.25) is 11.7 Å². The van der Waals surface area contributed by atoms with Gasteiger partial charge in [0.1, 0.15) is 12.2 Å². The van der Waals surface area contributed by atoms with Crippen molar-refractivity contribution >= 4 is 23.7 Å². The molecule has 5 aliphatic rings. The van der Waals surface area contributed by atoms with Gasteiger partial charge in [0, 0.05) is 23.8 Å². The number of carbonyl (C=O) groups excluding carboxylic acids is 4. The predicted octanol–water partition coefficient (Wildman–Crippen LogP) is 1.15. The third-order valence-electron chi connectivity index (χ3n) is 10.3. The molecule has 3 N–H and O–H groups in total. The van der Waals surface area contributed by atoms with E-state index in [-0.39, 0.29) is 31.1 Å². The molecule has 4 fully saturated rings. The first-order valence-corrected chi connectivity index (χ1v) is 13.3. The SMILES string of the molecule is COC(=O)[C@@]12OC[C@]34[C@H]([C@@H](O)[C@@H]1O)[C@@]1(C)CC(=O)C(O)=C(C)[C@@H]1C[C@H]3OC(=O)[C@H](OC(=O)/C=C(\C)C(C)C)[C@@H]24. The summed E-state index contributed by atoms with van der Waals surface area (Å²) < 4.78 is 22.7. The van der Waals surface area contributed by atoms with E-state index in [0.717, 1.165) is 7.11 Å². The number of ketones is 1. The van der Waals surface area contributed by atoms with Gasteiger partial charge < -0.3 is 34.3 Å². The number of Topliss-reactive ketones (excluding diaryl/α,β-unsaturated/α-hetero) is 1. The molecule has 2 aliphatic heterocycles. The van der Waals surface area contributed by atoms with Crippen molar-refractivity contribution in [1.29, 1.82) is 0 Å². The molecule has 0 radical (unpaired) electrons. The Morgan fingerprint density at radius 2 is 1.85 bits per heavy atom. The lowest BCUT2D eigenvalue weighted by Crippen LogP contribution is -2.79.